The summed E-state index contributed by atoms with van der Waals surface area (Å²) >= 11 is 1.21. The Hall–Kier alpha value is -2.31. The average Bonchev–Trinajstić information content (AvgIpc) is 2.97. The zero-order chi connectivity index (χ0) is 14.9. The second-order valence-electron chi connectivity index (χ2n) is 4.16. The Balaban J connectivity index is 2.74. The molecule has 1 aliphatic rings. The Morgan fingerprint density at radius 3 is 2.30 bits per heavy atom. The van der Waals surface area contributed by atoms with E-state index in [-0.39, 0.29) is 5.78 Å². The van der Waals surface area contributed by atoms with E-state index in [1.165, 1.54) is 25.6 Å². The highest BCUT2D eigenvalue weighted by molar-refractivity contribution is 7.16. The molecule has 1 aromatic heterocycles. The predicted octanol–water partition coefficient (Wildman–Crippen LogP) is 2.65. The molecule has 0 saturated carbocycles. The number of fused-ring (bicyclic) bond motifs is 1. The first-order valence-electron chi connectivity index (χ1n) is 5.89. The molecule has 6 heteroatoms. The van der Waals surface area contributed by atoms with Crippen molar-refractivity contribution in [3.8, 4) is 22.3 Å². The highest BCUT2D eigenvalue weighted by atomic mass is 32.1. The van der Waals surface area contributed by atoms with Gasteiger partial charge in [-0.3, -0.25) is 4.79 Å². The molecule has 102 valence electrons. The maximum absolute atomic E-state index is 12.5. The summed E-state index contributed by atoms with van der Waals surface area (Å²) in [7, 11) is 2.97. The van der Waals surface area contributed by atoms with Crippen LogP contribution in [0.1, 0.15) is 28.8 Å². The third-order valence-corrected chi connectivity index (χ3v) is 4.44. The Morgan fingerprint density at radius 2 is 1.85 bits per heavy atom. The first-order valence-corrected chi connectivity index (χ1v) is 6.70. The van der Waals surface area contributed by atoms with Crippen molar-refractivity contribution in [1.29, 1.82) is 10.5 Å². The second kappa shape index (κ2) is 5.36. The number of ketones is 1. The Kier molecular flexibility index (Phi) is 3.78. The molecule has 0 N–H and O–H groups in total. The lowest BCUT2D eigenvalue weighted by atomic mass is 9.87. The van der Waals surface area contributed by atoms with E-state index in [1.807, 2.05) is 12.1 Å². The van der Waals surface area contributed by atoms with E-state index < -0.39 is 11.8 Å². The number of carbonyl (C=O) groups excluding carboxylic acids is 1. The molecular formula is C14H12N2O3S. The minimum atomic E-state index is -0.931. The summed E-state index contributed by atoms with van der Waals surface area (Å²) in [5.74, 6) is -1.70. The molecular weight excluding hydrogens is 276 g/mol. The predicted molar refractivity (Wildman–Crippen MR) is 73.0 cm³/mol. The van der Waals surface area contributed by atoms with Gasteiger partial charge in [0.1, 0.15) is 5.92 Å². The van der Waals surface area contributed by atoms with Crippen LogP contribution in [0.4, 0.5) is 0 Å². The summed E-state index contributed by atoms with van der Waals surface area (Å²) in [5.41, 5.74) is 1.47. The standard InChI is InChI=1S/C14H12N2O3S/c1-4-8-9(7(5-15)6-16)10-11(12(8)17)14(19-3)20-13(10)18-2/h4,7,9H,1-3H3/b8-4+. The van der Waals surface area contributed by atoms with Crippen molar-refractivity contribution in [1.82, 2.24) is 0 Å². The molecule has 1 heterocycles. The normalized spacial score (nSPS) is 18.8. The van der Waals surface area contributed by atoms with Crippen molar-refractivity contribution < 1.29 is 14.3 Å². The number of Topliss-reactive ketones (excluding diaryl/α,β-unsaturated/α-hetero) is 1. The lowest BCUT2D eigenvalue weighted by Crippen LogP contribution is -2.10. The number of nitrogens with zero attached hydrogens (tertiary/aromatic N) is 2. The van der Waals surface area contributed by atoms with Crippen molar-refractivity contribution in [2.75, 3.05) is 14.2 Å². The van der Waals surface area contributed by atoms with Gasteiger partial charge in [-0.25, -0.2) is 0 Å². The lowest BCUT2D eigenvalue weighted by molar-refractivity contribution is 0.103. The number of methoxy groups -OCH3 is 2. The molecule has 2 rings (SSSR count). The van der Waals surface area contributed by atoms with Gasteiger partial charge < -0.3 is 9.47 Å². The van der Waals surface area contributed by atoms with Gasteiger partial charge in [-0.15, -0.1) is 0 Å². The van der Waals surface area contributed by atoms with Gasteiger partial charge >= 0.3 is 0 Å². The first-order chi connectivity index (χ1) is 9.64. The number of ether oxygens (including phenoxy) is 2. The van der Waals surface area contributed by atoms with E-state index in [0.29, 0.717) is 26.8 Å². The molecule has 1 aromatic rings. The molecule has 1 aliphatic carbocycles. The van der Waals surface area contributed by atoms with Crippen LogP contribution in [0.3, 0.4) is 0 Å². The summed E-state index contributed by atoms with van der Waals surface area (Å²) in [6.45, 7) is 1.72. The van der Waals surface area contributed by atoms with Gasteiger partial charge in [0.15, 0.2) is 15.9 Å². The van der Waals surface area contributed by atoms with E-state index in [2.05, 4.69) is 0 Å². The van der Waals surface area contributed by atoms with Crippen LogP contribution in [0, 0.1) is 28.6 Å². The van der Waals surface area contributed by atoms with Gasteiger partial charge in [-0.1, -0.05) is 17.4 Å². The fourth-order valence-electron chi connectivity index (χ4n) is 2.47. The fourth-order valence-corrected chi connectivity index (χ4v) is 3.45. The van der Waals surface area contributed by atoms with E-state index in [4.69, 9.17) is 20.0 Å². The van der Waals surface area contributed by atoms with Crippen molar-refractivity contribution in [3.05, 3.63) is 22.8 Å². The number of hydrogen-bond donors (Lipinski definition) is 0. The van der Waals surface area contributed by atoms with Crippen LogP contribution < -0.4 is 9.47 Å². The Morgan fingerprint density at radius 1 is 1.25 bits per heavy atom. The van der Waals surface area contributed by atoms with Crippen molar-refractivity contribution >= 4 is 17.1 Å². The Labute approximate surface area is 120 Å². The number of thiophene rings is 1. The van der Waals surface area contributed by atoms with Gasteiger partial charge in [0.2, 0.25) is 0 Å². The number of hydrogen-bond acceptors (Lipinski definition) is 6. The lowest BCUT2D eigenvalue weighted by Gasteiger charge is -2.13. The molecule has 0 radical (unpaired) electrons. The van der Waals surface area contributed by atoms with E-state index >= 15 is 0 Å². The molecule has 0 spiro atoms. The van der Waals surface area contributed by atoms with Crippen LogP contribution in [-0.4, -0.2) is 20.0 Å². The molecule has 1 atom stereocenters. The van der Waals surface area contributed by atoms with Gasteiger partial charge in [-0.05, 0) is 6.92 Å². The fraction of sp³-hybridized carbons (Fsp3) is 0.357. The quantitative estimate of drug-likeness (QED) is 0.798. The van der Waals surface area contributed by atoms with Crippen LogP contribution >= 0.6 is 11.3 Å². The maximum atomic E-state index is 12.5. The minimum Gasteiger partial charge on any atom is -0.487 e. The van der Waals surface area contributed by atoms with E-state index in [1.54, 1.807) is 13.0 Å². The zero-order valence-corrected chi connectivity index (χ0v) is 12.1. The minimum absolute atomic E-state index is 0.195. The zero-order valence-electron chi connectivity index (χ0n) is 11.3. The summed E-state index contributed by atoms with van der Waals surface area (Å²) in [6.07, 6.45) is 1.65. The number of nitriles is 2. The van der Waals surface area contributed by atoms with Crippen LogP contribution in [-0.2, 0) is 0 Å². The number of rotatable bonds is 3. The van der Waals surface area contributed by atoms with Crippen LogP contribution in [0.25, 0.3) is 0 Å². The molecule has 20 heavy (non-hydrogen) atoms. The largest absolute Gasteiger partial charge is 0.487 e. The van der Waals surface area contributed by atoms with Crippen LogP contribution in [0.15, 0.2) is 11.6 Å². The highest BCUT2D eigenvalue weighted by Gasteiger charge is 2.45. The number of carbonyl (C=O) groups is 1. The maximum Gasteiger partial charge on any atom is 0.194 e. The smallest absolute Gasteiger partial charge is 0.194 e. The van der Waals surface area contributed by atoms with Crippen molar-refractivity contribution in [2.45, 2.75) is 12.8 Å². The summed E-state index contributed by atoms with van der Waals surface area (Å²) in [5, 5.41) is 19.3. The third kappa shape index (κ3) is 1.77. The van der Waals surface area contributed by atoms with E-state index in [0.717, 1.165) is 0 Å². The molecule has 0 fully saturated rings. The summed E-state index contributed by atoms with van der Waals surface area (Å²) in [6, 6.07) is 3.90. The molecule has 0 bridgehead atoms. The van der Waals surface area contributed by atoms with Gasteiger partial charge in [0.05, 0.1) is 31.9 Å². The average molecular weight is 288 g/mol. The van der Waals surface area contributed by atoms with Crippen LogP contribution in [0.2, 0.25) is 0 Å². The molecule has 0 saturated heterocycles. The van der Waals surface area contributed by atoms with Crippen LogP contribution in [0.5, 0.6) is 10.1 Å². The second-order valence-corrected chi connectivity index (χ2v) is 5.11. The molecule has 0 amide bonds. The highest BCUT2D eigenvalue weighted by Crippen LogP contribution is 2.54. The third-order valence-electron chi connectivity index (χ3n) is 3.31. The molecule has 1 unspecified atom stereocenters. The molecule has 0 aliphatic heterocycles. The summed E-state index contributed by atoms with van der Waals surface area (Å²) < 4.78 is 10.5. The first kappa shape index (κ1) is 14.1. The SMILES string of the molecule is C/C=C1/C(=O)c2c(OC)sc(OC)c2C1C(C#N)C#N. The van der Waals surface area contributed by atoms with E-state index in [9.17, 15) is 4.79 Å². The van der Waals surface area contributed by atoms with Gasteiger partial charge in [0.25, 0.3) is 0 Å². The van der Waals surface area contributed by atoms with Gasteiger partial charge in [0, 0.05) is 17.1 Å². The topological polar surface area (TPSA) is 83.1 Å². The molecule has 0 aromatic carbocycles. The van der Waals surface area contributed by atoms with Crippen molar-refractivity contribution in [2.24, 2.45) is 5.92 Å². The van der Waals surface area contributed by atoms with Crippen molar-refractivity contribution in [3.63, 3.8) is 0 Å². The number of allylic oxidation sites excluding steroid dienone is 2. The van der Waals surface area contributed by atoms with Gasteiger partial charge in [-0.2, -0.15) is 10.5 Å². The summed E-state index contributed by atoms with van der Waals surface area (Å²) in [4.78, 5) is 12.5. The Bertz CT molecular complexity index is 662. The molecule has 5 nitrogen and oxygen atoms in total. The monoisotopic (exact) mass is 288 g/mol.